The number of halogens is 1. The molecule has 202 valence electrons. The standard InChI is InChI=1S/C30H30FN3O4S/c1-32-30(36)28(19-22-11-4-3-5-12-22)33(20-24-14-7-9-17-26(24)31)29(35)21-34(39(2,37)38)27-18-10-15-23-13-6-8-16-25(23)27/h3-18,28H,19-21H2,1-2H3,(H,32,36). The lowest BCUT2D eigenvalue weighted by atomic mass is 10.0. The van der Waals surface area contributed by atoms with E-state index < -0.39 is 40.2 Å². The molecule has 0 saturated heterocycles. The zero-order chi connectivity index (χ0) is 28.0. The van der Waals surface area contributed by atoms with Crippen LogP contribution in [0.2, 0.25) is 0 Å². The van der Waals surface area contributed by atoms with Crippen molar-refractivity contribution in [2.45, 2.75) is 19.0 Å². The number of benzene rings is 4. The van der Waals surface area contributed by atoms with Gasteiger partial charge in [0.05, 0.1) is 11.9 Å². The van der Waals surface area contributed by atoms with E-state index >= 15 is 0 Å². The van der Waals surface area contributed by atoms with Gasteiger partial charge in [-0.25, -0.2) is 12.8 Å². The van der Waals surface area contributed by atoms with Crippen molar-refractivity contribution in [3.8, 4) is 0 Å². The molecular weight excluding hydrogens is 517 g/mol. The third-order valence-electron chi connectivity index (χ3n) is 6.53. The summed E-state index contributed by atoms with van der Waals surface area (Å²) in [6, 6.07) is 26.6. The summed E-state index contributed by atoms with van der Waals surface area (Å²) in [6.07, 6.45) is 1.19. The lowest BCUT2D eigenvalue weighted by Gasteiger charge is -2.33. The second-order valence-corrected chi connectivity index (χ2v) is 11.1. The van der Waals surface area contributed by atoms with Crippen molar-refractivity contribution < 1.29 is 22.4 Å². The summed E-state index contributed by atoms with van der Waals surface area (Å²) in [4.78, 5) is 28.4. The highest BCUT2D eigenvalue weighted by atomic mass is 32.2. The minimum Gasteiger partial charge on any atom is -0.357 e. The Bertz CT molecular complexity index is 1570. The molecule has 0 saturated carbocycles. The Morgan fingerprint density at radius 2 is 1.51 bits per heavy atom. The number of carbonyl (C=O) groups is 2. The Balaban J connectivity index is 1.77. The van der Waals surface area contributed by atoms with E-state index in [1.165, 1.54) is 30.1 Å². The fourth-order valence-electron chi connectivity index (χ4n) is 4.55. The Morgan fingerprint density at radius 3 is 2.21 bits per heavy atom. The molecule has 0 aliphatic heterocycles. The third kappa shape index (κ3) is 6.61. The summed E-state index contributed by atoms with van der Waals surface area (Å²) in [7, 11) is -2.45. The molecule has 7 nitrogen and oxygen atoms in total. The zero-order valence-corrected chi connectivity index (χ0v) is 22.6. The maximum Gasteiger partial charge on any atom is 0.244 e. The molecule has 4 rings (SSSR count). The Kier molecular flexibility index (Phi) is 8.61. The maximum absolute atomic E-state index is 14.7. The summed E-state index contributed by atoms with van der Waals surface area (Å²) in [5, 5.41) is 4.07. The SMILES string of the molecule is CNC(=O)C(Cc1ccccc1)N(Cc1ccccc1F)C(=O)CN(c1cccc2ccccc12)S(C)(=O)=O. The van der Waals surface area contributed by atoms with E-state index in [1.807, 2.05) is 48.5 Å². The van der Waals surface area contributed by atoms with Crippen LogP contribution in [0.5, 0.6) is 0 Å². The molecule has 0 bridgehead atoms. The van der Waals surface area contributed by atoms with E-state index in [0.717, 1.165) is 21.5 Å². The number of rotatable bonds is 10. The van der Waals surface area contributed by atoms with Gasteiger partial charge in [0.15, 0.2) is 0 Å². The van der Waals surface area contributed by atoms with Crippen LogP contribution in [0.25, 0.3) is 10.8 Å². The summed E-state index contributed by atoms with van der Waals surface area (Å²) in [5.74, 6) is -1.61. The normalized spacial score (nSPS) is 12.1. The number of likely N-dealkylation sites (N-methyl/N-ethyl adjacent to an activating group) is 1. The van der Waals surface area contributed by atoms with Gasteiger partial charge in [-0.05, 0) is 23.1 Å². The van der Waals surface area contributed by atoms with Gasteiger partial charge in [0, 0.05) is 31.0 Å². The first-order valence-electron chi connectivity index (χ1n) is 12.4. The van der Waals surface area contributed by atoms with E-state index in [0.29, 0.717) is 11.1 Å². The van der Waals surface area contributed by atoms with Gasteiger partial charge < -0.3 is 10.2 Å². The van der Waals surface area contributed by atoms with Gasteiger partial charge in [0.25, 0.3) is 0 Å². The van der Waals surface area contributed by atoms with Gasteiger partial charge >= 0.3 is 0 Å². The van der Waals surface area contributed by atoms with Gasteiger partial charge in [-0.1, -0.05) is 84.9 Å². The van der Waals surface area contributed by atoms with Crippen molar-refractivity contribution in [3.05, 3.63) is 114 Å². The summed E-state index contributed by atoms with van der Waals surface area (Å²) >= 11 is 0. The molecular formula is C30H30FN3O4S. The number of carbonyl (C=O) groups excluding carboxylic acids is 2. The Hall–Kier alpha value is -4.24. The Labute approximate surface area is 227 Å². The predicted molar refractivity (Wildman–Crippen MR) is 151 cm³/mol. The van der Waals surface area contributed by atoms with Crippen LogP contribution in [-0.2, 0) is 32.6 Å². The molecule has 0 radical (unpaired) electrons. The molecule has 0 fully saturated rings. The van der Waals surface area contributed by atoms with Crippen molar-refractivity contribution in [1.29, 1.82) is 0 Å². The van der Waals surface area contributed by atoms with Gasteiger partial charge in [0.2, 0.25) is 21.8 Å². The van der Waals surface area contributed by atoms with Gasteiger partial charge in [0.1, 0.15) is 18.4 Å². The monoisotopic (exact) mass is 547 g/mol. The van der Waals surface area contributed by atoms with Crippen LogP contribution in [0.3, 0.4) is 0 Å². The van der Waals surface area contributed by atoms with Crippen molar-refractivity contribution in [3.63, 3.8) is 0 Å². The molecule has 0 aliphatic rings. The molecule has 0 heterocycles. The fourth-order valence-corrected chi connectivity index (χ4v) is 5.41. The van der Waals surface area contributed by atoms with E-state index in [-0.39, 0.29) is 18.5 Å². The second-order valence-electron chi connectivity index (χ2n) is 9.20. The number of fused-ring (bicyclic) bond motifs is 1. The molecule has 0 aromatic heterocycles. The average molecular weight is 548 g/mol. The van der Waals surface area contributed by atoms with Crippen LogP contribution in [0.4, 0.5) is 10.1 Å². The minimum absolute atomic E-state index is 0.161. The van der Waals surface area contributed by atoms with Gasteiger partial charge in [-0.2, -0.15) is 0 Å². The molecule has 4 aromatic rings. The van der Waals surface area contributed by atoms with Gasteiger partial charge in [-0.15, -0.1) is 0 Å². The molecule has 39 heavy (non-hydrogen) atoms. The number of anilines is 1. The molecule has 2 amide bonds. The molecule has 0 spiro atoms. The largest absolute Gasteiger partial charge is 0.357 e. The van der Waals surface area contributed by atoms with Crippen LogP contribution in [0.1, 0.15) is 11.1 Å². The number of sulfonamides is 1. The van der Waals surface area contributed by atoms with E-state index in [4.69, 9.17) is 0 Å². The predicted octanol–water partition coefficient (Wildman–Crippen LogP) is 4.13. The molecule has 1 N–H and O–H groups in total. The quantitative estimate of drug-likeness (QED) is 0.324. The number of nitrogens with zero attached hydrogens (tertiary/aromatic N) is 2. The number of nitrogens with one attached hydrogen (secondary N) is 1. The van der Waals surface area contributed by atoms with Crippen LogP contribution in [0.15, 0.2) is 97.1 Å². The molecule has 4 aromatic carbocycles. The highest BCUT2D eigenvalue weighted by Gasteiger charge is 2.33. The first-order valence-corrected chi connectivity index (χ1v) is 14.3. The van der Waals surface area contributed by atoms with Crippen molar-refractivity contribution in [2.24, 2.45) is 0 Å². The van der Waals surface area contributed by atoms with Gasteiger partial charge in [-0.3, -0.25) is 13.9 Å². The van der Waals surface area contributed by atoms with Crippen LogP contribution in [-0.4, -0.2) is 51.0 Å². The summed E-state index contributed by atoms with van der Waals surface area (Å²) in [6.45, 7) is -0.785. The topological polar surface area (TPSA) is 86.8 Å². The van der Waals surface area contributed by atoms with Crippen molar-refractivity contribution >= 4 is 38.3 Å². The molecule has 1 atom stereocenters. The van der Waals surface area contributed by atoms with Crippen LogP contribution < -0.4 is 9.62 Å². The summed E-state index contributed by atoms with van der Waals surface area (Å²) in [5.41, 5.74) is 1.35. The molecule has 0 aliphatic carbocycles. The van der Waals surface area contributed by atoms with Crippen molar-refractivity contribution in [2.75, 3.05) is 24.2 Å². The minimum atomic E-state index is -3.92. The average Bonchev–Trinajstić information content (AvgIpc) is 2.93. The first kappa shape index (κ1) is 27.8. The maximum atomic E-state index is 14.7. The van der Waals surface area contributed by atoms with E-state index in [2.05, 4.69) is 5.32 Å². The van der Waals surface area contributed by atoms with Crippen LogP contribution >= 0.6 is 0 Å². The second kappa shape index (κ2) is 12.1. The third-order valence-corrected chi connectivity index (χ3v) is 7.66. The van der Waals surface area contributed by atoms with E-state index in [9.17, 15) is 22.4 Å². The van der Waals surface area contributed by atoms with E-state index in [1.54, 1.807) is 30.3 Å². The number of hydrogen-bond acceptors (Lipinski definition) is 4. The number of amides is 2. The molecule has 1 unspecified atom stereocenters. The highest BCUT2D eigenvalue weighted by molar-refractivity contribution is 7.92. The first-order chi connectivity index (χ1) is 18.7. The lowest BCUT2D eigenvalue weighted by Crippen LogP contribution is -2.53. The number of hydrogen-bond donors (Lipinski definition) is 1. The summed E-state index contributed by atoms with van der Waals surface area (Å²) < 4.78 is 41.8. The molecule has 9 heteroatoms. The van der Waals surface area contributed by atoms with Crippen molar-refractivity contribution in [1.82, 2.24) is 10.2 Å². The van der Waals surface area contributed by atoms with Crippen LogP contribution in [0, 0.1) is 5.82 Å². The highest BCUT2D eigenvalue weighted by Crippen LogP contribution is 2.29. The smallest absolute Gasteiger partial charge is 0.244 e. The zero-order valence-electron chi connectivity index (χ0n) is 21.7. The Morgan fingerprint density at radius 1 is 0.872 bits per heavy atom. The lowest BCUT2D eigenvalue weighted by molar-refractivity contribution is -0.139. The fraction of sp³-hybridized carbons (Fsp3) is 0.200.